The maximum atomic E-state index is 12.4. The van der Waals surface area contributed by atoms with Crippen molar-refractivity contribution < 1.29 is 22.7 Å². The molecule has 0 N–H and O–H groups in total. The molecule has 0 spiro atoms. The van der Waals surface area contributed by atoms with Crippen LogP contribution in [0.15, 0.2) is 18.3 Å². The van der Waals surface area contributed by atoms with Crippen molar-refractivity contribution in [3.8, 4) is 0 Å². The van der Waals surface area contributed by atoms with Gasteiger partial charge in [-0.1, -0.05) is 0 Å². The third-order valence-corrected chi connectivity index (χ3v) is 3.25. The van der Waals surface area contributed by atoms with Gasteiger partial charge in [-0.3, -0.25) is 9.78 Å². The van der Waals surface area contributed by atoms with Crippen LogP contribution in [0, 0.1) is 0 Å². The summed E-state index contributed by atoms with van der Waals surface area (Å²) in [7, 11) is 0. The molecule has 1 aliphatic rings. The number of carbonyl (C=O) groups excluding carboxylic acids is 1. The number of carbonyl (C=O) groups is 1. The smallest absolute Gasteiger partial charge is 0.373 e. The van der Waals surface area contributed by atoms with Gasteiger partial charge in [0.2, 0.25) is 0 Å². The van der Waals surface area contributed by atoms with Crippen molar-refractivity contribution in [3.63, 3.8) is 0 Å². The summed E-state index contributed by atoms with van der Waals surface area (Å²) in [5, 5.41) is 0. The number of hydrogen-bond donors (Lipinski definition) is 0. The van der Waals surface area contributed by atoms with Crippen LogP contribution in [0.1, 0.15) is 16.1 Å². The van der Waals surface area contributed by atoms with Crippen molar-refractivity contribution in [2.75, 3.05) is 25.6 Å². The molecule has 1 fully saturated rings. The molecular weight excluding hydrogens is 297 g/mol. The molecule has 0 radical (unpaired) electrons. The van der Waals surface area contributed by atoms with Gasteiger partial charge in [0, 0.05) is 19.3 Å². The topological polar surface area (TPSA) is 42.4 Å². The van der Waals surface area contributed by atoms with Crippen molar-refractivity contribution in [2.24, 2.45) is 0 Å². The van der Waals surface area contributed by atoms with E-state index in [2.05, 4.69) is 4.98 Å². The summed E-state index contributed by atoms with van der Waals surface area (Å²) in [6.45, 7) is 1.03. The highest BCUT2D eigenvalue weighted by Crippen LogP contribution is 2.28. The maximum Gasteiger partial charge on any atom is 0.417 e. The van der Waals surface area contributed by atoms with Crippen LogP contribution in [0.4, 0.5) is 13.2 Å². The molecule has 0 saturated carbocycles. The summed E-state index contributed by atoms with van der Waals surface area (Å²) in [6, 6.07) is 1.93. The monoisotopic (exact) mass is 308 g/mol. The Morgan fingerprint density at radius 2 is 2.25 bits per heavy atom. The van der Waals surface area contributed by atoms with Gasteiger partial charge in [-0.05, 0) is 12.1 Å². The maximum absolute atomic E-state index is 12.4. The van der Waals surface area contributed by atoms with E-state index in [0.29, 0.717) is 25.9 Å². The van der Waals surface area contributed by atoms with Crippen LogP contribution in [0.2, 0.25) is 0 Å². The number of alkyl halides is 4. The number of pyridine rings is 1. The third kappa shape index (κ3) is 3.40. The first-order valence-corrected chi connectivity index (χ1v) is 6.45. The van der Waals surface area contributed by atoms with Gasteiger partial charge in [0.05, 0.1) is 24.2 Å². The quantitative estimate of drug-likeness (QED) is 0.787. The summed E-state index contributed by atoms with van der Waals surface area (Å²) in [6.07, 6.45) is -4.06. The van der Waals surface area contributed by atoms with Crippen LogP contribution in [0.25, 0.3) is 0 Å². The van der Waals surface area contributed by atoms with Gasteiger partial charge >= 0.3 is 6.18 Å². The standard InChI is InChI=1S/C12H12ClF3N2O2/c13-5-9-7-18(3-4-20-9)11(19)10-2-1-8(6-17-10)12(14,15)16/h1-2,6,9H,3-5,7H2. The Bertz CT molecular complexity index is 479. The SMILES string of the molecule is O=C(c1ccc(C(F)(F)F)cn1)N1CCOC(CCl)C1. The van der Waals surface area contributed by atoms with Gasteiger partial charge in [0.1, 0.15) is 5.69 Å². The van der Waals surface area contributed by atoms with Crippen molar-refractivity contribution in [2.45, 2.75) is 12.3 Å². The molecule has 1 aromatic rings. The molecule has 1 saturated heterocycles. The summed E-state index contributed by atoms with van der Waals surface area (Å²) >= 11 is 5.66. The zero-order valence-electron chi connectivity index (χ0n) is 10.4. The van der Waals surface area contributed by atoms with Gasteiger partial charge in [-0.15, -0.1) is 11.6 Å². The lowest BCUT2D eigenvalue weighted by molar-refractivity contribution is -0.137. The second kappa shape index (κ2) is 5.97. The van der Waals surface area contributed by atoms with Crippen molar-refractivity contribution in [1.82, 2.24) is 9.88 Å². The molecule has 1 amide bonds. The Labute approximate surface area is 118 Å². The van der Waals surface area contributed by atoms with Crippen LogP contribution < -0.4 is 0 Å². The summed E-state index contributed by atoms with van der Waals surface area (Å²) in [5.41, 5.74) is -0.900. The van der Waals surface area contributed by atoms with E-state index in [1.807, 2.05) is 0 Å². The zero-order valence-corrected chi connectivity index (χ0v) is 11.1. The Hall–Kier alpha value is -1.34. The van der Waals surface area contributed by atoms with E-state index in [9.17, 15) is 18.0 Å². The molecule has 2 rings (SSSR count). The van der Waals surface area contributed by atoms with Crippen LogP contribution >= 0.6 is 11.6 Å². The molecule has 0 bridgehead atoms. The molecular formula is C12H12ClF3N2O2. The number of hydrogen-bond acceptors (Lipinski definition) is 3. The summed E-state index contributed by atoms with van der Waals surface area (Å²) < 4.78 is 42.5. The molecule has 0 aliphatic carbocycles. The molecule has 1 aliphatic heterocycles. The first kappa shape index (κ1) is 15.1. The van der Waals surface area contributed by atoms with E-state index in [1.165, 1.54) is 4.90 Å². The minimum atomic E-state index is -4.46. The van der Waals surface area contributed by atoms with Crippen molar-refractivity contribution in [1.29, 1.82) is 0 Å². The average molecular weight is 309 g/mol. The van der Waals surface area contributed by atoms with Crippen LogP contribution in [0.3, 0.4) is 0 Å². The van der Waals surface area contributed by atoms with Gasteiger partial charge in [-0.2, -0.15) is 13.2 Å². The molecule has 1 aromatic heterocycles. The summed E-state index contributed by atoms with van der Waals surface area (Å²) in [4.78, 5) is 17.2. The van der Waals surface area contributed by atoms with E-state index in [-0.39, 0.29) is 17.7 Å². The molecule has 0 aromatic carbocycles. The van der Waals surface area contributed by atoms with Crippen molar-refractivity contribution in [3.05, 3.63) is 29.6 Å². The number of rotatable bonds is 2. The predicted octanol–water partition coefficient (Wildman–Crippen LogP) is 2.18. The van der Waals surface area contributed by atoms with Gasteiger partial charge < -0.3 is 9.64 Å². The summed E-state index contributed by atoms with van der Waals surface area (Å²) in [5.74, 6) is -0.165. The second-order valence-electron chi connectivity index (χ2n) is 4.33. The van der Waals surface area contributed by atoms with Gasteiger partial charge in [0.25, 0.3) is 5.91 Å². The molecule has 1 atom stereocenters. The number of ether oxygens (including phenoxy) is 1. The Kier molecular flexibility index (Phi) is 4.49. The third-order valence-electron chi connectivity index (χ3n) is 2.91. The molecule has 1 unspecified atom stereocenters. The lowest BCUT2D eigenvalue weighted by Crippen LogP contribution is -2.46. The van der Waals surface area contributed by atoms with E-state index in [1.54, 1.807) is 0 Å². The fourth-order valence-electron chi connectivity index (χ4n) is 1.85. The number of halogens is 4. The number of aromatic nitrogens is 1. The lowest BCUT2D eigenvalue weighted by atomic mass is 10.2. The van der Waals surface area contributed by atoms with Gasteiger partial charge in [0.15, 0.2) is 0 Å². The highest BCUT2D eigenvalue weighted by molar-refractivity contribution is 6.18. The minimum Gasteiger partial charge on any atom is -0.373 e. The van der Waals surface area contributed by atoms with E-state index in [0.717, 1.165) is 12.1 Å². The van der Waals surface area contributed by atoms with E-state index in [4.69, 9.17) is 16.3 Å². The highest BCUT2D eigenvalue weighted by Gasteiger charge is 2.31. The highest BCUT2D eigenvalue weighted by atomic mass is 35.5. The molecule has 20 heavy (non-hydrogen) atoms. The zero-order chi connectivity index (χ0) is 14.8. The fraction of sp³-hybridized carbons (Fsp3) is 0.500. The van der Waals surface area contributed by atoms with Gasteiger partial charge in [-0.25, -0.2) is 0 Å². The number of amides is 1. The molecule has 8 heteroatoms. The lowest BCUT2D eigenvalue weighted by Gasteiger charge is -2.31. The second-order valence-corrected chi connectivity index (χ2v) is 4.64. The first-order chi connectivity index (χ1) is 9.41. The molecule has 2 heterocycles. The Morgan fingerprint density at radius 3 is 2.80 bits per heavy atom. The molecule has 110 valence electrons. The van der Waals surface area contributed by atoms with Crippen LogP contribution in [-0.4, -0.2) is 47.5 Å². The average Bonchev–Trinajstić information content (AvgIpc) is 2.46. The van der Waals surface area contributed by atoms with Crippen molar-refractivity contribution >= 4 is 17.5 Å². The molecule has 4 nitrogen and oxygen atoms in total. The fourth-order valence-corrected chi connectivity index (χ4v) is 2.03. The predicted molar refractivity (Wildman–Crippen MR) is 65.6 cm³/mol. The van der Waals surface area contributed by atoms with E-state index < -0.39 is 17.6 Å². The Morgan fingerprint density at radius 1 is 1.50 bits per heavy atom. The minimum absolute atomic E-state index is 0.0202. The number of nitrogens with zero attached hydrogens (tertiary/aromatic N) is 2. The van der Waals surface area contributed by atoms with Crippen LogP contribution in [0.5, 0.6) is 0 Å². The normalized spacial score (nSPS) is 20.0. The largest absolute Gasteiger partial charge is 0.417 e. The Balaban J connectivity index is 2.09. The first-order valence-electron chi connectivity index (χ1n) is 5.92. The number of morpholine rings is 1. The van der Waals surface area contributed by atoms with E-state index >= 15 is 0 Å². The van der Waals surface area contributed by atoms with Crippen LogP contribution in [-0.2, 0) is 10.9 Å².